The van der Waals surface area contributed by atoms with Gasteiger partial charge >= 0.3 is 6.09 Å². The summed E-state index contributed by atoms with van der Waals surface area (Å²) in [7, 11) is -3.59. The molecular weight excluding hydrogens is 376 g/mol. The van der Waals surface area contributed by atoms with Crippen molar-refractivity contribution in [3.8, 4) is 11.1 Å². The van der Waals surface area contributed by atoms with Gasteiger partial charge in [0.1, 0.15) is 5.60 Å². The van der Waals surface area contributed by atoms with Crippen LogP contribution in [0, 0.1) is 0 Å². The van der Waals surface area contributed by atoms with Gasteiger partial charge in [-0.15, -0.1) is 0 Å². The van der Waals surface area contributed by atoms with Crippen LogP contribution in [-0.2, 0) is 14.8 Å². The van der Waals surface area contributed by atoms with Gasteiger partial charge in [-0.05, 0) is 44.0 Å². The summed E-state index contributed by atoms with van der Waals surface area (Å²) in [5, 5.41) is 0. The minimum absolute atomic E-state index is 0.252. The molecule has 0 aliphatic carbocycles. The van der Waals surface area contributed by atoms with Crippen LogP contribution < -0.4 is 0 Å². The Hall–Kier alpha value is -2.38. The number of rotatable bonds is 3. The molecule has 1 aliphatic heterocycles. The Morgan fingerprint density at radius 2 is 1.39 bits per heavy atom. The molecule has 1 saturated heterocycles. The van der Waals surface area contributed by atoms with Crippen LogP contribution in [0.1, 0.15) is 20.8 Å². The monoisotopic (exact) mass is 402 g/mol. The second kappa shape index (κ2) is 7.93. The minimum atomic E-state index is -3.59. The molecule has 2 aromatic rings. The highest BCUT2D eigenvalue weighted by Crippen LogP contribution is 2.23. The smallest absolute Gasteiger partial charge is 0.410 e. The molecule has 0 N–H and O–H groups in total. The Balaban J connectivity index is 1.67. The molecule has 1 fully saturated rings. The fourth-order valence-electron chi connectivity index (χ4n) is 3.04. The van der Waals surface area contributed by atoms with E-state index in [1.54, 1.807) is 17.0 Å². The highest BCUT2D eigenvalue weighted by Gasteiger charge is 2.31. The molecule has 0 unspecified atom stereocenters. The first-order valence-corrected chi connectivity index (χ1v) is 10.7. The lowest BCUT2D eigenvalue weighted by atomic mass is 10.1. The van der Waals surface area contributed by atoms with Gasteiger partial charge < -0.3 is 9.64 Å². The SMILES string of the molecule is CC(C)(C)OC(=O)N1CCN(S(=O)(=O)c2ccc(-c3ccccc3)cc2)CC1. The van der Waals surface area contributed by atoms with Gasteiger partial charge in [-0.3, -0.25) is 0 Å². The first-order valence-electron chi connectivity index (χ1n) is 9.30. The Kier molecular flexibility index (Phi) is 5.76. The average Bonchev–Trinajstić information content (AvgIpc) is 2.67. The predicted molar refractivity (Wildman–Crippen MR) is 108 cm³/mol. The molecule has 6 nitrogen and oxygen atoms in total. The van der Waals surface area contributed by atoms with Crippen LogP contribution in [0.3, 0.4) is 0 Å². The van der Waals surface area contributed by atoms with E-state index in [0.717, 1.165) is 11.1 Å². The molecule has 1 amide bonds. The van der Waals surface area contributed by atoms with Gasteiger partial charge in [-0.25, -0.2) is 13.2 Å². The number of nitrogens with zero attached hydrogens (tertiary/aromatic N) is 2. The summed E-state index contributed by atoms with van der Waals surface area (Å²) in [6.07, 6.45) is -0.406. The van der Waals surface area contributed by atoms with Crippen molar-refractivity contribution in [1.29, 1.82) is 0 Å². The minimum Gasteiger partial charge on any atom is -0.444 e. The van der Waals surface area contributed by atoms with Gasteiger partial charge in [-0.2, -0.15) is 4.31 Å². The van der Waals surface area contributed by atoms with E-state index in [9.17, 15) is 13.2 Å². The van der Waals surface area contributed by atoms with Gasteiger partial charge in [-0.1, -0.05) is 42.5 Å². The number of amides is 1. The number of carbonyl (C=O) groups excluding carboxylic acids is 1. The molecular formula is C21H26N2O4S. The van der Waals surface area contributed by atoms with Crippen LogP contribution in [0.4, 0.5) is 4.79 Å². The summed E-state index contributed by atoms with van der Waals surface area (Å²) in [4.78, 5) is 14.0. The lowest BCUT2D eigenvalue weighted by Gasteiger charge is -2.35. The molecule has 0 radical (unpaired) electrons. The van der Waals surface area contributed by atoms with Crippen molar-refractivity contribution >= 4 is 16.1 Å². The van der Waals surface area contributed by atoms with E-state index < -0.39 is 21.7 Å². The summed E-state index contributed by atoms with van der Waals surface area (Å²) < 4.78 is 32.6. The number of hydrogen-bond acceptors (Lipinski definition) is 4. The lowest BCUT2D eigenvalue weighted by Crippen LogP contribution is -2.51. The third-order valence-corrected chi connectivity index (χ3v) is 6.40. The average molecular weight is 403 g/mol. The zero-order valence-electron chi connectivity index (χ0n) is 16.5. The van der Waals surface area contributed by atoms with Crippen molar-refractivity contribution in [2.75, 3.05) is 26.2 Å². The lowest BCUT2D eigenvalue weighted by molar-refractivity contribution is 0.0192. The van der Waals surface area contributed by atoms with Crippen LogP contribution in [0.5, 0.6) is 0 Å². The van der Waals surface area contributed by atoms with Crippen LogP contribution in [0.25, 0.3) is 11.1 Å². The Morgan fingerprint density at radius 1 is 0.857 bits per heavy atom. The summed E-state index contributed by atoms with van der Waals surface area (Å²) in [5.74, 6) is 0. The summed E-state index contributed by atoms with van der Waals surface area (Å²) in [5.41, 5.74) is 1.44. The second-order valence-electron chi connectivity index (χ2n) is 7.76. The largest absolute Gasteiger partial charge is 0.444 e. The van der Waals surface area contributed by atoms with Gasteiger partial charge in [0, 0.05) is 26.2 Å². The zero-order valence-corrected chi connectivity index (χ0v) is 17.3. The summed E-state index contributed by atoms with van der Waals surface area (Å²) >= 11 is 0. The molecule has 2 aromatic carbocycles. The molecule has 28 heavy (non-hydrogen) atoms. The first kappa shape index (κ1) is 20.4. The highest BCUT2D eigenvalue weighted by molar-refractivity contribution is 7.89. The number of ether oxygens (including phenoxy) is 1. The summed E-state index contributed by atoms with van der Waals surface area (Å²) in [6.45, 7) is 6.57. The van der Waals surface area contributed by atoms with Crippen molar-refractivity contribution in [2.24, 2.45) is 0 Å². The zero-order chi connectivity index (χ0) is 20.4. The van der Waals surface area contributed by atoms with Gasteiger partial charge in [0.25, 0.3) is 0 Å². The number of piperazine rings is 1. The molecule has 0 atom stereocenters. The van der Waals surface area contributed by atoms with Crippen molar-refractivity contribution in [2.45, 2.75) is 31.3 Å². The molecule has 150 valence electrons. The topological polar surface area (TPSA) is 66.9 Å². The second-order valence-corrected chi connectivity index (χ2v) is 9.70. The molecule has 3 rings (SSSR count). The number of benzene rings is 2. The number of hydrogen-bond donors (Lipinski definition) is 0. The predicted octanol–water partition coefficient (Wildman–Crippen LogP) is 3.60. The van der Waals surface area contributed by atoms with E-state index in [4.69, 9.17) is 4.74 Å². The van der Waals surface area contributed by atoms with E-state index in [2.05, 4.69) is 0 Å². The van der Waals surface area contributed by atoms with Crippen LogP contribution in [-0.4, -0.2) is 55.5 Å². The van der Waals surface area contributed by atoms with E-state index >= 15 is 0 Å². The first-order chi connectivity index (χ1) is 13.2. The maximum absolute atomic E-state index is 12.9. The van der Waals surface area contributed by atoms with Crippen LogP contribution in [0.2, 0.25) is 0 Å². The molecule has 0 bridgehead atoms. The molecule has 7 heteroatoms. The standard InChI is InChI=1S/C21H26N2O4S/c1-21(2,3)27-20(24)22-13-15-23(16-14-22)28(25,26)19-11-9-18(10-12-19)17-7-5-4-6-8-17/h4-12H,13-16H2,1-3H3. The highest BCUT2D eigenvalue weighted by atomic mass is 32.2. The van der Waals surface area contributed by atoms with Gasteiger partial charge in [0.15, 0.2) is 0 Å². The molecule has 1 heterocycles. The van der Waals surface area contributed by atoms with Gasteiger partial charge in [0.2, 0.25) is 10.0 Å². The maximum atomic E-state index is 12.9. The van der Waals surface area contributed by atoms with E-state index in [1.807, 2.05) is 63.2 Å². The molecule has 1 aliphatic rings. The van der Waals surface area contributed by atoms with Crippen LogP contribution in [0.15, 0.2) is 59.5 Å². The summed E-state index contributed by atoms with van der Waals surface area (Å²) in [6, 6.07) is 16.7. The Labute approximate surface area is 166 Å². The molecule has 0 saturated carbocycles. The number of carbonyl (C=O) groups is 1. The van der Waals surface area contributed by atoms with E-state index in [1.165, 1.54) is 4.31 Å². The van der Waals surface area contributed by atoms with E-state index in [0.29, 0.717) is 13.1 Å². The van der Waals surface area contributed by atoms with Crippen molar-refractivity contribution in [3.05, 3.63) is 54.6 Å². The maximum Gasteiger partial charge on any atom is 0.410 e. The quantitative estimate of drug-likeness (QED) is 0.787. The Bertz CT molecular complexity index is 911. The van der Waals surface area contributed by atoms with E-state index in [-0.39, 0.29) is 18.0 Å². The molecule has 0 spiro atoms. The van der Waals surface area contributed by atoms with Crippen molar-refractivity contribution < 1.29 is 17.9 Å². The number of sulfonamides is 1. The molecule has 0 aromatic heterocycles. The van der Waals surface area contributed by atoms with Crippen molar-refractivity contribution in [1.82, 2.24) is 9.21 Å². The normalized spacial score (nSPS) is 16.0. The third-order valence-electron chi connectivity index (χ3n) is 4.49. The van der Waals surface area contributed by atoms with Crippen LogP contribution >= 0.6 is 0 Å². The third kappa shape index (κ3) is 4.72. The fraction of sp³-hybridized carbons (Fsp3) is 0.381. The Morgan fingerprint density at radius 3 is 1.93 bits per heavy atom. The fourth-order valence-corrected chi connectivity index (χ4v) is 4.46. The van der Waals surface area contributed by atoms with Gasteiger partial charge in [0.05, 0.1) is 4.90 Å². The van der Waals surface area contributed by atoms with Crippen molar-refractivity contribution in [3.63, 3.8) is 0 Å².